The van der Waals surface area contributed by atoms with Crippen LogP contribution >= 0.6 is 15.9 Å². The maximum absolute atomic E-state index is 5.63. The maximum Gasteiger partial charge on any atom is 0.110 e. The molecule has 0 bridgehead atoms. The van der Waals surface area contributed by atoms with Crippen LogP contribution in [0.5, 0.6) is 0 Å². The second-order valence-corrected chi connectivity index (χ2v) is 6.01. The molecule has 0 amide bonds. The molecule has 0 spiro atoms. The van der Waals surface area contributed by atoms with E-state index in [-0.39, 0.29) is 0 Å². The second-order valence-electron chi connectivity index (χ2n) is 5.15. The number of H-pyrrole nitrogens is 1. The van der Waals surface area contributed by atoms with Gasteiger partial charge in [0.15, 0.2) is 0 Å². The molecule has 0 aliphatic rings. The number of nitrogens with one attached hydrogen (secondary N) is 2. The summed E-state index contributed by atoms with van der Waals surface area (Å²) in [7, 11) is 1.66. The predicted octanol–water partition coefficient (Wildman–Crippen LogP) is 2.56. The van der Waals surface area contributed by atoms with Crippen LogP contribution in [0.25, 0.3) is 0 Å². The van der Waals surface area contributed by atoms with Crippen molar-refractivity contribution in [3.05, 3.63) is 16.6 Å². The van der Waals surface area contributed by atoms with Crippen LogP contribution in [0.1, 0.15) is 44.9 Å². The molecular weight excluding hydrogens is 308 g/mol. The zero-order valence-electron chi connectivity index (χ0n) is 11.9. The van der Waals surface area contributed by atoms with E-state index in [1.54, 1.807) is 13.3 Å². The first-order valence-electron chi connectivity index (χ1n) is 6.77. The van der Waals surface area contributed by atoms with Gasteiger partial charge in [-0.1, -0.05) is 13.8 Å². The van der Waals surface area contributed by atoms with E-state index in [4.69, 9.17) is 10.6 Å². The van der Waals surface area contributed by atoms with Crippen LogP contribution in [0.3, 0.4) is 0 Å². The van der Waals surface area contributed by atoms with Gasteiger partial charge >= 0.3 is 0 Å². The van der Waals surface area contributed by atoms with Gasteiger partial charge in [-0.05, 0) is 47.7 Å². The van der Waals surface area contributed by atoms with Gasteiger partial charge in [-0.15, -0.1) is 0 Å². The summed E-state index contributed by atoms with van der Waals surface area (Å²) in [6.45, 7) is 5.09. The van der Waals surface area contributed by atoms with E-state index < -0.39 is 0 Å². The first-order chi connectivity index (χ1) is 9.08. The first-order valence-corrected chi connectivity index (χ1v) is 7.56. The number of nitrogens with two attached hydrogens (primary N) is 1. The van der Waals surface area contributed by atoms with Gasteiger partial charge in [0.25, 0.3) is 0 Å². The van der Waals surface area contributed by atoms with Crippen LogP contribution in [-0.4, -0.2) is 29.7 Å². The summed E-state index contributed by atoms with van der Waals surface area (Å²) in [5.74, 6) is 1.88. The monoisotopic (exact) mass is 332 g/mol. The molecule has 0 aromatic carbocycles. The number of aromatic nitrogens is 2. The fraction of sp³-hybridized carbons (Fsp3) is 0.769. The second kappa shape index (κ2) is 8.68. The van der Waals surface area contributed by atoms with Crippen molar-refractivity contribution in [1.29, 1.82) is 0 Å². The number of nitrogens with zero attached hydrogens (tertiary/aromatic N) is 1. The van der Waals surface area contributed by atoms with E-state index in [2.05, 4.69) is 45.2 Å². The van der Waals surface area contributed by atoms with E-state index >= 15 is 0 Å². The Balaban J connectivity index is 2.72. The molecule has 110 valence electrons. The van der Waals surface area contributed by atoms with E-state index in [1.165, 1.54) is 0 Å². The van der Waals surface area contributed by atoms with Gasteiger partial charge in [0.2, 0.25) is 0 Å². The number of hydrogen-bond donors (Lipinski definition) is 3. The predicted molar refractivity (Wildman–Crippen MR) is 80.7 cm³/mol. The Hall–Kier alpha value is -0.430. The Bertz CT molecular complexity index is 356. The number of hydroxylamine groups is 1. The Kier molecular flexibility index (Phi) is 7.60. The molecule has 1 unspecified atom stereocenters. The number of hydrogen-bond acceptors (Lipinski definition) is 4. The molecule has 4 N–H and O–H groups in total. The van der Waals surface area contributed by atoms with Crippen molar-refractivity contribution in [2.45, 2.75) is 45.1 Å². The third-order valence-electron chi connectivity index (χ3n) is 3.32. The lowest BCUT2D eigenvalue weighted by Crippen LogP contribution is -2.34. The molecule has 5 nitrogen and oxygen atoms in total. The molecule has 0 aliphatic heterocycles. The Labute approximate surface area is 123 Å². The van der Waals surface area contributed by atoms with Crippen LogP contribution in [0, 0.1) is 5.92 Å². The molecular formula is C13H25BrN4O. The van der Waals surface area contributed by atoms with Crippen LogP contribution in [0.2, 0.25) is 0 Å². The summed E-state index contributed by atoms with van der Waals surface area (Å²) in [4.78, 5) is 12.8. The molecule has 0 saturated heterocycles. The third kappa shape index (κ3) is 5.60. The van der Waals surface area contributed by atoms with Gasteiger partial charge in [0, 0.05) is 12.0 Å². The highest BCUT2D eigenvalue weighted by Crippen LogP contribution is 2.27. The Morgan fingerprint density at radius 3 is 2.74 bits per heavy atom. The van der Waals surface area contributed by atoms with E-state index in [1.807, 2.05) is 0 Å². The molecule has 1 aromatic rings. The molecule has 1 aromatic heterocycles. The van der Waals surface area contributed by atoms with E-state index in [9.17, 15) is 0 Å². The molecule has 19 heavy (non-hydrogen) atoms. The average Bonchev–Trinajstić information content (AvgIpc) is 2.79. The molecule has 6 heteroatoms. The van der Waals surface area contributed by atoms with Crippen LogP contribution in [-0.2, 0) is 4.84 Å². The van der Waals surface area contributed by atoms with Crippen LogP contribution in [0.15, 0.2) is 10.8 Å². The molecule has 0 radical (unpaired) electrons. The summed E-state index contributed by atoms with van der Waals surface area (Å²) in [6, 6.07) is 0.302. The highest BCUT2D eigenvalue weighted by atomic mass is 79.9. The summed E-state index contributed by atoms with van der Waals surface area (Å²) in [5.41, 5.74) is 8.71. The minimum atomic E-state index is 0.302. The van der Waals surface area contributed by atoms with Crippen molar-refractivity contribution < 1.29 is 4.84 Å². The van der Waals surface area contributed by atoms with Gasteiger partial charge < -0.3 is 15.6 Å². The third-order valence-corrected chi connectivity index (χ3v) is 3.72. The van der Waals surface area contributed by atoms with E-state index in [0.29, 0.717) is 24.4 Å². The lowest BCUT2D eigenvalue weighted by atomic mass is 9.89. The molecule has 2 atom stereocenters. The Morgan fingerprint density at radius 2 is 2.26 bits per heavy atom. The maximum atomic E-state index is 5.63. The largest absolute Gasteiger partial charge is 0.337 e. The van der Waals surface area contributed by atoms with Crippen molar-refractivity contribution in [3.63, 3.8) is 0 Å². The Morgan fingerprint density at radius 1 is 1.53 bits per heavy atom. The molecule has 0 saturated carbocycles. The minimum Gasteiger partial charge on any atom is -0.337 e. The lowest BCUT2D eigenvalue weighted by molar-refractivity contribution is 0.0402. The minimum absolute atomic E-state index is 0.302. The zero-order valence-corrected chi connectivity index (χ0v) is 13.5. The molecule has 1 rings (SSSR count). The lowest BCUT2D eigenvalue weighted by Gasteiger charge is -2.25. The highest BCUT2D eigenvalue weighted by molar-refractivity contribution is 9.10. The standard InChI is InChI=1S/C13H25BrN4O/c1-9(2)11(18-19-3)7-10(5-4-6-15)13-16-8-12(14)17-13/h8-11,18H,4-7,15H2,1-3H3,(H,16,17)/t10?,11-/m1/s1. The van der Waals surface area contributed by atoms with Crippen LogP contribution < -0.4 is 11.2 Å². The van der Waals surface area contributed by atoms with Gasteiger partial charge in [-0.25, -0.2) is 4.98 Å². The van der Waals surface area contributed by atoms with Crippen LogP contribution in [0.4, 0.5) is 0 Å². The van der Waals surface area contributed by atoms with Gasteiger partial charge in [-0.3, -0.25) is 0 Å². The zero-order chi connectivity index (χ0) is 14.3. The summed E-state index contributed by atoms with van der Waals surface area (Å²) >= 11 is 3.41. The highest BCUT2D eigenvalue weighted by Gasteiger charge is 2.22. The van der Waals surface area contributed by atoms with E-state index in [0.717, 1.165) is 29.7 Å². The quantitative estimate of drug-likeness (QED) is 0.607. The normalized spacial score (nSPS) is 14.8. The first kappa shape index (κ1) is 16.6. The van der Waals surface area contributed by atoms with Gasteiger partial charge in [0.1, 0.15) is 10.4 Å². The van der Waals surface area contributed by atoms with Crippen molar-refractivity contribution in [2.75, 3.05) is 13.7 Å². The SMILES string of the molecule is CON[C@H](CC(CCCN)c1ncc(Br)[nH]1)C(C)C. The van der Waals surface area contributed by atoms with Gasteiger partial charge in [0.05, 0.1) is 13.3 Å². The summed E-state index contributed by atoms with van der Waals surface area (Å²) in [5, 5.41) is 0. The van der Waals surface area contributed by atoms with Crippen molar-refractivity contribution in [1.82, 2.24) is 15.4 Å². The number of imidazole rings is 1. The number of rotatable bonds is 9. The topological polar surface area (TPSA) is 76.0 Å². The summed E-state index contributed by atoms with van der Waals surface area (Å²) in [6.07, 6.45) is 4.82. The smallest absolute Gasteiger partial charge is 0.110 e. The molecule has 1 heterocycles. The van der Waals surface area contributed by atoms with Crippen molar-refractivity contribution in [2.24, 2.45) is 11.7 Å². The number of aromatic amines is 1. The van der Waals surface area contributed by atoms with Crippen molar-refractivity contribution in [3.8, 4) is 0 Å². The fourth-order valence-electron chi connectivity index (χ4n) is 2.17. The number of halogens is 1. The molecule has 0 aliphatic carbocycles. The fourth-order valence-corrected chi connectivity index (χ4v) is 2.47. The molecule has 0 fully saturated rings. The summed E-state index contributed by atoms with van der Waals surface area (Å²) < 4.78 is 0.918. The van der Waals surface area contributed by atoms with Gasteiger partial charge in [-0.2, -0.15) is 5.48 Å². The average molecular weight is 333 g/mol. The van der Waals surface area contributed by atoms with Crippen molar-refractivity contribution >= 4 is 15.9 Å².